The number of oxime groups is 1. The van der Waals surface area contributed by atoms with Gasteiger partial charge in [-0.05, 0) is 25.5 Å². The fourth-order valence-corrected chi connectivity index (χ4v) is 0.449. The van der Waals surface area contributed by atoms with Crippen molar-refractivity contribution in [2.24, 2.45) is 5.16 Å². The molecule has 0 aromatic rings. The zero-order chi connectivity index (χ0) is 7.28. The van der Waals surface area contributed by atoms with Crippen molar-refractivity contribution in [3.05, 3.63) is 11.6 Å². The molecular weight excluding hydrogens is 118 g/mol. The molecule has 50 valence electrons. The van der Waals surface area contributed by atoms with Crippen LogP contribution in [0.25, 0.3) is 0 Å². The summed E-state index contributed by atoms with van der Waals surface area (Å²) in [7, 11) is 0. The molecule has 0 saturated heterocycles. The molecule has 0 fully saturated rings. The Morgan fingerprint density at radius 2 is 2.11 bits per heavy atom. The van der Waals surface area contributed by atoms with E-state index in [-0.39, 0.29) is 5.78 Å². The molecular formula is C6H9NO2. The fourth-order valence-electron chi connectivity index (χ4n) is 0.449. The molecule has 0 spiro atoms. The van der Waals surface area contributed by atoms with Crippen LogP contribution in [0.3, 0.4) is 0 Å². The van der Waals surface area contributed by atoms with Crippen molar-refractivity contribution in [3.63, 3.8) is 0 Å². The smallest absolute Gasteiger partial charge is 0.152 e. The van der Waals surface area contributed by atoms with Crippen LogP contribution in [0.5, 0.6) is 0 Å². The van der Waals surface area contributed by atoms with E-state index >= 15 is 0 Å². The Bertz CT molecular complexity index is 158. The zero-order valence-corrected chi connectivity index (χ0v) is 5.46. The van der Waals surface area contributed by atoms with Crippen molar-refractivity contribution in [2.45, 2.75) is 13.8 Å². The minimum absolute atomic E-state index is 0.0487. The highest BCUT2D eigenvalue weighted by atomic mass is 16.4. The van der Waals surface area contributed by atoms with E-state index in [0.29, 0.717) is 5.57 Å². The topological polar surface area (TPSA) is 49.7 Å². The third-order valence-corrected chi connectivity index (χ3v) is 0.692. The summed E-state index contributed by atoms with van der Waals surface area (Å²) >= 11 is 0. The van der Waals surface area contributed by atoms with E-state index in [9.17, 15) is 4.79 Å². The van der Waals surface area contributed by atoms with Gasteiger partial charge in [-0.25, -0.2) is 0 Å². The van der Waals surface area contributed by atoms with Crippen LogP contribution in [0.15, 0.2) is 16.8 Å². The molecule has 0 atom stereocenters. The van der Waals surface area contributed by atoms with Gasteiger partial charge < -0.3 is 5.21 Å². The van der Waals surface area contributed by atoms with E-state index in [1.54, 1.807) is 6.92 Å². The second kappa shape index (κ2) is 3.83. The van der Waals surface area contributed by atoms with E-state index in [4.69, 9.17) is 5.21 Å². The van der Waals surface area contributed by atoms with Crippen LogP contribution < -0.4 is 0 Å². The maximum atomic E-state index is 10.3. The summed E-state index contributed by atoms with van der Waals surface area (Å²) in [6.45, 7) is 3.12. The van der Waals surface area contributed by atoms with Gasteiger partial charge in [0.2, 0.25) is 0 Å². The first-order valence-electron chi connectivity index (χ1n) is 2.53. The third kappa shape index (κ3) is 4.74. The molecule has 0 unspecified atom stereocenters. The van der Waals surface area contributed by atoms with Gasteiger partial charge in [-0.1, -0.05) is 5.16 Å². The van der Waals surface area contributed by atoms with Gasteiger partial charge in [-0.2, -0.15) is 0 Å². The summed E-state index contributed by atoms with van der Waals surface area (Å²) < 4.78 is 0. The molecule has 0 bridgehead atoms. The predicted octanol–water partition coefficient (Wildman–Crippen LogP) is 0.982. The minimum atomic E-state index is -0.0487. The van der Waals surface area contributed by atoms with Crippen LogP contribution in [-0.2, 0) is 4.79 Å². The molecule has 0 rings (SSSR count). The first-order chi connectivity index (χ1) is 4.16. The molecule has 0 saturated carbocycles. The Hall–Kier alpha value is -1.12. The molecule has 3 nitrogen and oxygen atoms in total. The summed E-state index contributed by atoms with van der Waals surface area (Å²) in [5, 5.41) is 10.7. The number of carbonyl (C=O) groups excluding carboxylic acids is 1. The maximum Gasteiger partial charge on any atom is 0.152 e. The SMILES string of the molecule is CC(=O)/C=C(C)/C=N/O. The molecule has 3 heteroatoms. The Kier molecular flexibility index (Phi) is 3.35. The molecule has 0 heterocycles. The Labute approximate surface area is 53.7 Å². The van der Waals surface area contributed by atoms with Gasteiger partial charge >= 0.3 is 0 Å². The lowest BCUT2D eigenvalue weighted by molar-refractivity contribution is -0.112. The lowest BCUT2D eigenvalue weighted by atomic mass is 10.2. The van der Waals surface area contributed by atoms with E-state index in [0.717, 1.165) is 0 Å². The van der Waals surface area contributed by atoms with Crippen LogP contribution in [0, 0.1) is 0 Å². The van der Waals surface area contributed by atoms with Crippen molar-refractivity contribution < 1.29 is 10.0 Å². The van der Waals surface area contributed by atoms with Crippen molar-refractivity contribution in [1.82, 2.24) is 0 Å². The number of hydrogen-bond donors (Lipinski definition) is 1. The van der Waals surface area contributed by atoms with Gasteiger partial charge in [0.05, 0.1) is 6.21 Å². The largest absolute Gasteiger partial charge is 0.411 e. The van der Waals surface area contributed by atoms with Crippen LogP contribution >= 0.6 is 0 Å². The van der Waals surface area contributed by atoms with E-state index in [1.165, 1.54) is 19.2 Å². The van der Waals surface area contributed by atoms with Gasteiger partial charge in [-0.15, -0.1) is 0 Å². The molecule has 0 radical (unpaired) electrons. The predicted molar refractivity (Wildman–Crippen MR) is 34.7 cm³/mol. The number of allylic oxidation sites excluding steroid dienone is 2. The fraction of sp³-hybridized carbons (Fsp3) is 0.333. The second-order valence-corrected chi connectivity index (χ2v) is 1.74. The van der Waals surface area contributed by atoms with Gasteiger partial charge in [0.25, 0.3) is 0 Å². The average molecular weight is 127 g/mol. The number of ketones is 1. The summed E-state index contributed by atoms with van der Waals surface area (Å²) in [5.74, 6) is -0.0487. The monoisotopic (exact) mass is 127 g/mol. The average Bonchev–Trinajstić information content (AvgIpc) is 1.63. The van der Waals surface area contributed by atoms with Crippen molar-refractivity contribution in [2.75, 3.05) is 0 Å². The molecule has 9 heavy (non-hydrogen) atoms. The highest BCUT2D eigenvalue weighted by molar-refractivity contribution is 5.93. The van der Waals surface area contributed by atoms with Gasteiger partial charge in [0.1, 0.15) is 0 Å². The number of nitrogens with zero attached hydrogens (tertiary/aromatic N) is 1. The molecule has 0 aliphatic rings. The first-order valence-corrected chi connectivity index (χ1v) is 2.53. The second-order valence-electron chi connectivity index (χ2n) is 1.74. The van der Waals surface area contributed by atoms with Gasteiger partial charge in [0.15, 0.2) is 5.78 Å². The van der Waals surface area contributed by atoms with Crippen LogP contribution in [0.4, 0.5) is 0 Å². The quantitative estimate of drug-likeness (QED) is 0.260. The van der Waals surface area contributed by atoms with Crippen molar-refractivity contribution >= 4 is 12.0 Å². The zero-order valence-electron chi connectivity index (χ0n) is 5.46. The van der Waals surface area contributed by atoms with Gasteiger partial charge in [-0.3, -0.25) is 4.79 Å². The summed E-state index contributed by atoms with van der Waals surface area (Å²) in [6.07, 6.45) is 2.60. The van der Waals surface area contributed by atoms with Crippen LogP contribution in [0.1, 0.15) is 13.8 Å². The van der Waals surface area contributed by atoms with E-state index in [1.807, 2.05) is 0 Å². The van der Waals surface area contributed by atoms with E-state index in [2.05, 4.69) is 5.16 Å². The highest BCUT2D eigenvalue weighted by Gasteiger charge is 1.85. The first kappa shape index (κ1) is 7.88. The van der Waals surface area contributed by atoms with E-state index < -0.39 is 0 Å². The van der Waals surface area contributed by atoms with Crippen LogP contribution in [0.2, 0.25) is 0 Å². The Morgan fingerprint density at radius 3 is 2.44 bits per heavy atom. The normalized spacial score (nSPS) is 12.4. The van der Waals surface area contributed by atoms with Gasteiger partial charge in [0, 0.05) is 0 Å². The molecule has 0 aromatic carbocycles. The maximum absolute atomic E-state index is 10.3. The molecule has 0 aliphatic carbocycles. The molecule has 1 N–H and O–H groups in total. The highest BCUT2D eigenvalue weighted by Crippen LogP contribution is 1.86. The van der Waals surface area contributed by atoms with Crippen LogP contribution in [-0.4, -0.2) is 17.2 Å². The summed E-state index contributed by atoms with van der Waals surface area (Å²) in [4.78, 5) is 10.3. The number of carbonyl (C=O) groups is 1. The summed E-state index contributed by atoms with van der Waals surface area (Å²) in [6, 6.07) is 0. The molecule has 0 aliphatic heterocycles. The molecule has 0 aromatic heterocycles. The minimum Gasteiger partial charge on any atom is -0.411 e. The van der Waals surface area contributed by atoms with Crippen molar-refractivity contribution in [3.8, 4) is 0 Å². The summed E-state index contributed by atoms with van der Waals surface area (Å²) in [5.41, 5.74) is 0.644. The Balaban J connectivity index is 4.00. The lowest BCUT2D eigenvalue weighted by Gasteiger charge is -1.83. The molecule has 0 amide bonds. The standard InChI is InChI=1S/C6H9NO2/c1-5(4-7-9)3-6(2)8/h3-4,9H,1-2H3/b5-3+,7-4+. The number of rotatable bonds is 2. The third-order valence-electron chi connectivity index (χ3n) is 0.692. The Morgan fingerprint density at radius 1 is 1.56 bits per heavy atom. The lowest BCUT2D eigenvalue weighted by Crippen LogP contribution is -1.85. The van der Waals surface area contributed by atoms with Crippen molar-refractivity contribution in [1.29, 1.82) is 0 Å². The number of hydrogen-bond acceptors (Lipinski definition) is 3.